The summed E-state index contributed by atoms with van der Waals surface area (Å²) in [4.78, 5) is 14.9. The van der Waals surface area contributed by atoms with E-state index in [4.69, 9.17) is 0 Å². The topological polar surface area (TPSA) is 37.3 Å². The molecule has 1 amide bonds. The van der Waals surface area contributed by atoms with Crippen molar-refractivity contribution < 1.29 is 4.79 Å². The molecule has 3 aromatic rings. The van der Waals surface area contributed by atoms with Gasteiger partial charge in [-0.15, -0.1) is 0 Å². The van der Waals surface area contributed by atoms with Gasteiger partial charge in [0.25, 0.3) is 0 Å². The maximum atomic E-state index is 12.4. The van der Waals surface area contributed by atoms with Crippen molar-refractivity contribution in [3.8, 4) is 5.69 Å². The number of rotatable bonds is 7. The van der Waals surface area contributed by atoms with E-state index in [0.717, 1.165) is 37.4 Å². The van der Waals surface area contributed by atoms with Crippen LogP contribution in [0.3, 0.4) is 0 Å². The first-order valence-electron chi connectivity index (χ1n) is 10.5. The number of piperidine rings is 1. The van der Waals surface area contributed by atoms with Crippen molar-refractivity contribution in [3.05, 3.63) is 90.3 Å². The lowest BCUT2D eigenvalue weighted by Gasteiger charge is -2.32. The Labute approximate surface area is 173 Å². The fraction of sp³-hybridized carbons (Fsp3) is 0.320. The molecule has 1 aliphatic heterocycles. The number of hydrogen-bond donors (Lipinski definition) is 1. The highest BCUT2D eigenvalue weighted by Crippen LogP contribution is 2.18. The van der Waals surface area contributed by atoms with Gasteiger partial charge in [0.05, 0.1) is 6.42 Å². The summed E-state index contributed by atoms with van der Waals surface area (Å²) in [6.45, 7) is 3.97. The Bertz CT molecular complexity index is 888. The Kier molecular flexibility index (Phi) is 6.42. The van der Waals surface area contributed by atoms with Crippen LogP contribution in [0.2, 0.25) is 0 Å². The van der Waals surface area contributed by atoms with E-state index in [1.165, 1.54) is 18.4 Å². The van der Waals surface area contributed by atoms with E-state index in [1.54, 1.807) is 0 Å². The molecule has 0 saturated carbocycles. The Morgan fingerprint density at radius 1 is 0.931 bits per heavy atom. The first-order chi connectivity index (χ1) is 14.3. The van der Waals surface area contributed by atoms with Crippen LogP contribution in [0.1, 0.15) is 24.0 Å². The van der Waals surface area contributed by atoms with Crippen molar-refractivity contribution in [1.82, 2.24) is 14.8 Å². The monoisotopic (exact) mass is 387 g/mol. The zero-order valence-corrected chi connectivity index (χ0v) is 16.8. The van der Waals surface area contributed by atoms with Gasteiger partial charge in [0.15, 0.2) is 0 Å². The van der Waals surface area contributed by atoms with Crippen molar-refractivity contribution in [2.75, 3.05) is 19.6 Å². The average molecular weight is 388 g/mol. The molecule has 0 radical (unpaired) electrons. The van der Waals surface area contributed by atoms with Crippen molar-refractivity contribution in [2.24, 2.45) is 5.92 Å². The Hall–Kier alpha value is -2.85. The minimum atomic E-state index is 0.110. The summed E-state index contributed by atoms with van der Waals surface area (Å²) in [5, 5.41) is 3.16. The van der Waals surface area contributed by atoms with E-state index in [1.807, 2.05) is 36.7 Å². The number of carbonyl (C=O) groups is 1. The number of aromatic nitrogens is 1. The first kappa shape index (κ1) is 19.5. The lowest BCUT2D eigenvalue weighted by Crippen LogP contribution is -2.40. The van der Waals surface area contributed by atoms with E-state index in [-0.39, 0.29) is 5.91 Å². The van der Waals surface area contributed by atoms with E-state index >= 15 is 0 Å². The standard InChI is InChI=1S/C25H29N3O/c29-25(17-21-10-12-24(13-11-21)28-15-4-5-16-28)26-18-23-9-6-14-27(20-23)19-22-7-2-1-3-8-22/h1-5,7-8,10-13,15-16,23H,6,9,14,17-20H2,(H,26,29). The Morgan fingerprint density at radius 2 is 1.69 bits per heavy atom. The van der Waals surface area contributed by atoms with E-state index in [9.17, 15) is 4.79 Å². The summed E-state index contributed by atoms with van der Waals surface area (Å²) in [5.41, 5.74) is 3.52. The molecular weight excluding hydrogens is 358 g/mol. The molecule has 1 aromatic heterocycles. The van der Waals surface area contributed by atoms with Gasteiger partial charge in [-0.1, -0.05) is 42.5 Å². The summed E-state index contributed by atoms with van der Waals surface area (Å²) in [7, 11) is 0. The number of nitrogens with one attached hydrogen (secondary N) is 1. The number of benzene rings is 2. The maximum Gasteiger partial charge on any atom is 0.224 e. The molecule has 4 nitrogen and oxygen atoms in total. The highest BCUT2D eigenvalue weighted by molar-refractivity contribution is 5.78. The molecule has 4 heteroatoms. The number of hydrogen-bond acceptors (Lipinski definition) is 2. The van der Waals surface area contributed by atoms with E-state index in [2.05, 4.69) is 57.2 Å². The zero-order valence-electron chi connectivity index (χ0n) is 16.8. The fourth-order valence-corrected chi connectivity index (χ4v) is 4.10. The third-order valence-electron chi connectivity index (χ3n) is 5.64. The molecule has 1 unspecified atom stereocenters. The highest BCUT2D eigenvalue weighted by Gasteiger charge is 2.20. The van der Waals surface area contributed by atoms with Gasteiger partial charge in [-0.2, -0.15) is 0 Å². The molecule has 150 valence electrons. The van der Waals surface area contributed by atoms with E-state index < -0.39 is 0 Å². The summed E-state index contributed by atoms with van der Waals surface area (Å²) < 4.78 is 2.06. The summed E-state index contributed by atoms with van der Waals surface area (Å²) >= 11 is 0. The predicted octanol–water partition coefficient (Wildman–Crippen LogP) is 4.05. The predicted molar refractivity (Wildman–Crippen MR) is 117 cm³/mol. The third kappa shape index (κ3) is 5.58. The van der Waals surface area contributed by atoms with Crippen LogP contribution in [0.25, 0.3) is 5.69 Å². The number of amides is 1. The summed E-state index contributed by atoms with van der Waals surface area (Å²) in [5.74, 6) is 0.645. The molecule has 4 rings (SSSR count). The largest absolute Gasteiger partial charge is 0.355 e. The highest BCUT2D eigenvalue weighted by atomic mass is 16.1. The SMILES string of the molecule is O=C(Cc1ccc(-n2cccc2)cc1)NCC1CCCN(Cc2ccccc2)C1. The van der Waals surface area contributed by atoms with Crippen LogP contribution in [0.5, 0.6) is 0 Å². The van der Waals surface area contributed by atoms with Crippen molar-refractivity contribution in [1.29, 1.82) is 0 Å². The maximum absolute atomic E-state index is 12.4. The normalized spacial score (nSPS) is 17.2. The van der Waals surface area contributed by atoms with Crippen molar-refractivity contribution in [3.63, 3.8) is 0 Å². The summed E-state index contributed by atoms with van der Waals surface area (Å²) in [6, 6.07) is 22.8. The second-order valence-corrected chi connectivity index (χ2v) is 7.97. The molecule has 2 aromatic carbocycles. The van der Waals surface area contributed by atoms with Gasteiger partial charge in [0.2, 0.25) is 5.91 Å². The second kappa shape index (κ2) is 9.57. The molecule has 1 N–H and O–H groups in total. The number of likely N-dealkylation sites (tertiary alicyclic amines) is 1. The molecule has 2 heterocycles. The fourth-order valence-electron chi connectivity index (χ4n) is 4.10. The molecule has 29 heavy (non-hydrogen) atoms. The molecule has 1 aliphatic rings. The second-order valence-electron chi connectivity index (χ2n) is 7.97. The van der Waals surface area contributed by atoms with E-state index in [0.29, 0.717) is 12.3 Å². The quantitative estimate of drug-likeness (QED) is 0.664. The van der Waals surface area contributed by atoms with Crippen LogP contribution in [0.4, 0.5) is 0 Å². The molecule has 1 saturated heterocycles. The van der Waals surface area contributed by atoms with Gasteiger partial charge in [-0.3, -0.25) is 9.69 Å². The van der Waals surface area contributed by atoms with Crippen LogP contribution in [-0.2, 0) is 17.8 Å². The van der Waals surface area contributed by atoms with Crippen LogP contribution in [0.15, 0.2) is 79.1 Å². The minimum Gasteiger partial charge on any atom is -0.355 e. The van der Waals surface area contributed by atoms with Gasteiger partial charge in [0.1, 0.15) is 0 Å². The average Bonchev–Trinajstić information content (AvgIpc) is 3.29. The minimum absolute atomic E-state index is 0.110. The van der Waals surface area contributed by atoms with Gasteiger partial charge in [-0.05, 0) is 60.7 Å². The molecule has 0 bridgehead atoms. The van der Waals surface area contributed by atoms with Crippen molar-refractivity contribution >= 4 is 5.91 Å². The third-order valence-corrected chi connectivity index (χ3v) is 5.64. The number of carbonyl (C=O) groups excluding carboxylic acids is 1. The first-order valence-corrected chi connectivity index (χ1v) is 10.5. The lowest BCUT2D eigenvalue weighted by atomic mass is 9.97. The van der Waals surface area contributed by atoms with Crippen LogP contribution in [0, 0.1) is 5.92 Å². The van der Waals surface area contributed by atoms with Gasteiger partial charge in [0, 0.05) is 37.7 Å². The molecule has 0 aliphatic carbocycles. The smallest absolute Gasteiger partial charge is 0.224 e. The Morgan fingerprint density at radius 3 is 2.45 bits per heavy atom. The molecule has 1 fully saturated rings. The lowest BCUT2D eigenvalue weighted by molar-refractivity contribution is -0.120. The van der Waals surface area contributed by atoms with Crippen LogP contribution in [-0.4, -0.2) is 35.0 Å². The van der Waals surface area contributed by atoms with Crippen LogP contribution >= 0.6 is 0 Å². The van der Waals surface area contributed by atoms with Crippen molar-refractivity contribution in [2.45, 2.75) is 25.8 Å². The van der Waals surface area contributed by atoms with Crippen LogP contribution < -0.4 is 5.32 Å². The molecular formula is C25H29N3O. The molecule has 1 atom stereocenters. The molecule has 0 spiro atoms. The van der Waals surface area contributed by atoms with Gasteiger partial charge >= 0.3 is 0 Å². The Balaban J connectivity index is 1.23. The van der Waals surface area contributed by atoms with Gasteiger partial charge in [-0.25, -0.2) is 0 Å². The number of nitrogens with zero attached hydrogens (tertiary/aromatic N) is 2. The zero-order chi connectivity index (χ0) is 19.9. The summed E-state index contributed by atoms with van der Waals surface area (Å²) in [6.07, 6.45) is 6.87. The van der Waals surface area contributed by atoms with Gasteiger partial charge < -0.3 is 9.88 Å².